The van der Waals surface area contributed by atoms with Gasteiger partial charge in [0.25, 0.3) is 0 Å². The molecule has 0 fully saturated rings. The highest BCUT2D eigenvalue weighted by Gasteiger charge is 2.34. The Bertz CT molecular complexity index is 266. The van der Waals surface area contributed by atoms with Crippen LogP contribution in [-0.4, -0.2) is 27.7 Å². The fourth-order valence-corrected chi connectivity index (χ4v) is 1.20. The van der Waals surface area contributed by atoms with Crippen LogP contribution in [0.4, 0.5) is 0 Å². The minimum absolute atomic E-state index is 0.121. The summed E-state index contributed by atoms with van der Waals surface area (Å²) in [7, 11) is 0. The largest absolute Gasteiger partial charge is 0.387 e. The first-order valence-corrected chi connectivity index (χ1v) is 4.03. The monoisotopic (exact) mass is 204 g/mol. The van der Waals surface area contributed by atoms with Crippen LogP contribution in [-0.2, 0) is 0 Å². The third-order valence-electron chi connectivity index (χ3n) is 1.75. The molecule has 0 bridgehead atoms. The topological polar surface area (TPSA) is 75.4 Å². The lowest BCUT2D eigenvalue weighted by molar-refractivity contribution is -0.544. The van der Waals surface area contributed by atoms with Gasteiger partial charge >= 0.3 is 0 Å². The summed E-state index contributed by atoms with van der Waals surface area (Å²) in [4.78, 5) is 8.88. The molecule has 5 nitrogen and oxygen atoms in total. The molecule has 0 aromatic rings. The minimum atomic E-state index is -1.12. The van der Waals surface area contributed by atoms with Gasteiger partial charge in [-0.05, 0) is 0 Å². The van der Waals surface area contributed by atoms with Gasteiger partial charge in [0.05, 0.1) is 6.10 Å². The maximum absolute atomic E-state index is 10.0. The Hall–Kier alpha value is -1.07. The maximum Gasteiger partial charge on any atom is 0.157 e. The van der Waals surface area contributed by atoms with Crippen LogP contribution in [0, 0.1) is 10.1 Å². The van der Waals surface area contributed by atoms with Gasteiger partial charge < -0.3 is 5.11 Å². The van der Waals surface area contributed by atoms with Crippen molar-refractivity contribution in [2.75, 3.05) is 6.54 Å². The summed E-state index contributed by atoms with van der Waals surface area (Å²) in [6.07, 6.45) is 5.37. The number of rotatable bonds is 3. The molecule has 0 aliphatic heterocycles. The lowest BCUT2D eigenvalue weighted by Gasteiger charge is -2.27. The first-order chi connectivity index (χ1) is 6.04. The molecule has 2 unspecified atom stereocenters. The SMILES string of the molecule is O=[N+]([O-])NCC1(Cl)C=CC=CC1O. The molecular formula is C7H9ClN2O3. The average molecular weight is 205 g/mol. The van der Waals surface area contributed by atoms with E-state index in [4.69, 9.17) is 11.6 Å². The van der Waals surface area contributed by atoms with Crippen molar-refractivity contribution in [2.45, 2.75) is 11.0 Å². The lowest BCUT2D eigenvalue weighted by Crippen LogP contribution is -2.45. The number of allylic oxidation sites excluding steroid dienone is 2. The van der Waals surface area contributed by atoms with E-state index in [1.54, 1.807) is 12.2 Å². The van der Waals surface area contributed by atoms with Gasteiger partial charge in [0.15, 0.2) is 5.03 Å². The molecule has 1 aliphatic rings. The Labute approximate surface area is 79.8 Å². The predicted molar refractivity (Wildman–Crippen MR) is 47.9 cm³/mol. The number of nitrogens with one attached hydrogen (secondary N) is 1. The third-order valence-corrected chi connectivity index (χ3v) is 2.23. The summed E-state index contributed by atoms with van der Waals surface area (Å²) in [5, 5.41) is 18.7. The highest BCUT2D eigenvalue weighted by molar-refractivity contribution is 6.26. The number of hydrazine groups is 1. The van der Waals surface area contributed by atoms with Gasteiger partial charge in [-0.25, -0.2) is 10.1 Å². The van der Waals surface area contributed by atoms with E-state index in [1.165, 1.54) is 12.2 Å². The molecule has 2 atom stereocenters. The molecule has 2 N–H and O–H groups in total. The number of aliphatic hydroxyl groups is 1. The molecule has 0 aromatic carbocycles. The summed E-state index contributed by atoms with van der Waals surface area (Å²) in [5.41, 5.74) is 1.93. The number of aliphatic hydroxyl groups excluding tert-OH is 1. The first kappa shape index (κ1) is 10.0. The van der Waals surface area contributed by atoms with Crippen LogP contribution in [0.2, 0.25) is 0 Å². The zero-order valence-electron chi connectivity index (χ0n) is 6.68. The van der Waals surface area contributed by atoms with Crippen LogP contribution < -0.4 is 5.43 Å². The van der Waals surface area contributed by atoms with Crippen LogP contribution >= 0.6 is 11.6 Å². The quantitative estimate of drug-likeness (QED) is 0.392. The van der Waals surface area contributed by atoms with Crippen molar-refractivity contribution in [1.82, 2.24) is 5.43 Å². The molecule has 72 valence electrons. The fourth-order valence-electron chi connectivity index (χ4n) is 0.993. The summed E-state index contributed by atoms with van der Waals surface area (Å²) in [5.74, 6) is 0. The molecule has 0 aromatic heterocycles. The zero-order valence-corrected chi connectivity index (χ0v) is 7.44. The Morgan fingerprint density at radius 2 is 2.38 bits per heavy atom. The van der Waals surface area contributed by atoms with Gasteiger partial charge in [0.2, 0.25) is 0 Å². The van der Waals surface area contributed by atoms with E-state index in [9.17, 15) is 15.2 Å². The lowest BCUT2D eigenvalue weighted by atomic mass is 9.97. The molecule has 6 heteroatoms. The highest BCUT2D eigenvalue weighted by Crippen LogP contribution is 2.25. The van der Waals surface area contributed by atoms with Gasteiger partial charge in [0.1, 0.15) is 11.4 Å². The minimum Gasteiger partial charge on any atom is -0.387 e. The molecule has 0 heterocycles. The van der Waals surface area contributed by atoms with Crippen LogP contribution in [0.3, 0.4) is 0 Å². The maximum atomic E-state index is 10.0. The Balaban J connectivity index is 2.59. The number of hydrogen-bond acceptors (Lipinski definition) is 3. The number of nitro groups is 1. The number of nitrogens with zero attached hydrogens (tertiary/aromatic N) is 1. The second kappa shape index (κ2) is 3.76. The van der Waals surface area contributed by atoms with Crippen LogP contribution in [0.25, 0.3) is 0 Å². The summed E-state index contributed by atoms with van der Waals surface area (Å²) in [6.45, 7) is -0.121. The predicted octanol–water partition coefficient (Wildman–Crippen LogP) is 0.232. The van der Waals surface area contributed by atoms with Crippen molar-refractivity contribution in [3.63, 3.8) is 0 Å². The van der Waals surface area contributed by atoms with Gasteiger partial charge in [-0.3, -0.25) is 0 Å². The van der Waals surface area contributed by atoms with E-state index in [0.717, 1.165) is 0 Å². The van der Waals surface area contributed by atoms with Crippen molar-refractivity contribution in [2.24, 2.45) is 0 Å². The molecule has 13 heavy (non-hydrogen) atoms. The van der Waals surface area contributed by atoms with Crippen molar-refractivity contribution in [3.8, 4) is 0 Å². The van der Waals surface area contributed by atoms with Crippen molar-refractivity contribution in [3.05, 3.63) is 34.4 Å². The number of alkyl halides is 1. The van der Waals surface area contributed by atoms with Crippen LogP contribution in [0.1, 0.15) is 0 Å². The smallest absolute Gasteiger partial charge is 0.157 e. The van der Waals surface area contributed by atoms with Gasteiger partial charge in [0, 0.05) is 0 Å². The zero-order chi connectivity index (χ0) is 9.90. The average Bonchev–Trinajstić information content (AvgIpc) is 2.07. The second-order valence-electron chi connectivity index (χ2n) is 2.71. The van der Waals surface area contributed by atoms with Crippen molar-refractivity contribution < 1.29 is 10.1 Å². The Morgan fingerprint density at radius 1 is 1.69 bits per heavy atom. The van der Waals surface area contributed by atoms with E-state index in [0.29, 0.717) is 0 Å². The summed E-state index contributed by atoms with van der Waals surface area (Å²) < 4.78 is 0. The molecular weight excluding hydrogens is 196 g/mol. The van der Waals surface area contributed by atoms with Crippen molar-refractivity contribution in [1.29, 1.82) is 0 Å². The Morgan fingerprint density at radius 3 is 2.92 bits per heavy atom. The van der Waals surface area contributed by atoms with E-state index >= 15 is 0 Å². The number of halogens is 1. The standard InChI is InChI=1S/C7H9ClN2O3/c8-7(5-9-10(12)13)4-2-1-3-6(7)11/h1-4,6,9,11H,5H2. The van der Waals surface area contributed by atoms with E-state index < -0.39 is 16.0 Å². The van der Waals surface area contributed by atoms with E-state index in [1.807, 2.05) is 5.43 Å². The first-order valence-electron chi connectivity index (χ1n) is 3.65. The van der Waals surface area contributed by atoms with E-state index in [-0.39, 0.29) is 6.54 Å². The molecule has 0 saturated heterocycles. The summed E-state index contributed by atoms with van der Waals surface area (Å²) >= 11 is 5.91. The number of hydrogen-bond donors (Lipinski definition) is 2. The van der Waals surface area contributed by atoms with Gasteiger partial charge in [-0.1, -0.05) is 24.3 Å². The molecule has 0 spiro atoms. The normalized spacial score (nSPS) is 31.7. The van der Waals surface area contributed by atoms with E-state index in [2.05, 4.69) is 0 Å². The summed E-state index contributed by atoms with van der Waals surface area (Å²) in [6, 6.07) is 0. The van der Waals surface area contributed by atoms with Gasteiger partial charge in [-0.15, -0.1) is 17.0 Å². The highest BCUT2D eigenvalue weighted by atomic mass is 35.5. The Kier molecular flexibility index (Phi) is 2.90. The molecule has 0 saturated carbocycles. The molecule has 0 amide bonds. The second-order valence-corrected chi connectivity index (χ2v) is 3.41. The van der Waals surface area contributed by atoms with Crippen LogP contribution in [0.5, 0.6) is 0 Å². The fraction of sp³-hybridized carbons (Fsp3) is 0.429. The van der Waals surface area contributed by atoms with Crippen LogP contribution in [0.15, 0.2) is 24.3 Å². The van der Waals surface area contributed by atoms with Gasteiger partial charge in [-0.2, -0.15) is 0 Å². The molecule has 1 rings (SSSR count). The third kappa shape index (κ3) is 2.43. The molecule has 1 aliphatic carbocycles. The van der Waals surface area contributed by atoms with Crippen molar-refractivity contribution >= 4 is 11.6 Å². The molecule has 0 radical (unpaired) electrons.